The summed E-state index contributed by atoms with van der Waals surface area (Å²) < 4.78 is 13.1. The van der Waals surface area contributed by atoms with Crippen molar-refractivity contribution in [2.75, 3.05) is 18.5 Å². The number of carbonyl (C=O) groups excluding carboxylic acids is 1. The van der Waals surface area contributed by atoms with Crippen molar-refractivity contribution in [3.63, 3.8) is 0 Å². The third-order valence-electron chi connectivity index (χ3n) is 3.00. The van der Waals surface area contributed by atoms with Crippen LogP contribution in [0.15, 0.2) is 48.5 Å². The van der Waals surface area contributed by atoms with E-state index in [0.29, 0.717) is 5.56 Å². The summed E-state index contributed by atoms with van der Waals surface area (Å²) in [7, 11) is 1.85. The average Bonchev–Trinajstić information content (AvgIpc) is 2.39. The molecule has 0 saturated carbocycles. The molecule has 0 unspecified atom stereocenters. The molecule has 2 rings (SSSR count). The summed E-state index contributed by atoms with van der Waals surface area (Å²) in [6, 6.07) is 13.7. The van der Waals surface area contributed by atoms with Crippen molar-refractivity contribution in [3.8, 4) is 0 Å². The van der Waals surface area contributed by atoms with Gasteiger partial charge in [0, 0.05) is 18.3 Å². The van der Waals surface area contributed by atoms with E-state index in [9.17, 15) is 9.18 Å². The highest BCUT2D eigenvalue weighted by molar-refractivity contribution is 5.99. The van der Waals surface area contributed by atoms with Crippen molar-refractivity contribution in [1.82, 2.24) is 0 Å². The van der Waals surface area contributed by atoms with Gasteiger partial charge in [-0.25, -0.2) is 4.39 Å². The van der Waals surface area contributed by atoms with Gasteiger partial charge in [-0.05, 0) is 31.2 Å². The third-order valence-corrected chi connectivity index (χ3v) is 3.00. The zero-order chi connectivity index (χ0) is 13.8. The Kier molecular flexibility index (Phi) is 3.95. The topological polar surface area (TPSA) is 20.3 Å². The van der Waals surface area contributed by atoms with E-state index in [0.717, 1.165) is 5.69 Å². The van der Waals surface area contributed by atoms with Crippen LogP contribution in [0.3, 0.4) is 0 Å². The number of ketones is 1. The Morgan fingerprint density at radius 3 is 2.47 bits per heavy atom. The molecule has 0 aliphatic heterocycles. The maximum Gasteiger partial charge on any atom is 0.182 e. The third kappa shape index (κ3) is 3.41. The average molecular weight is 257 g/mol. The van der Waals surface area contributed by atoms with Gasteiger partial charge >= 0.3 is 0 Å². The first-order valence-corrected chi connectivity index (χ1v) is 6.13. The maximum absolute atomic E-state index is 13.1. The highest BCUT2D eigenvalue weighted by Gasteiger charge is 2.10. The number of Topliss-reactive ketones (excluding diaryl/α,β-unsaturated/α-hetero) is 1. The Morgan fingerprint density at radius 1 is 1.16 bits per heavy atom. The van der Waals surface area contributed by atoms with E-state index in [2.05, 4.69) is 0 Å². The van der Waals surface area contributed by atoms with Gasteiger partial charge in [0.2, 0.25) is 0 Å². The van der Waals surface area contributed by atoms with Gasteiger partial charge in [0.1, 0.15) is 5.82 Å². The highest BCUT2D eigenvalue weighted by atomic mass is 19.1. The molecule has 2 nitrogen and oxygen atoms in total. The molecule has 0 aromatic heterocycles. The van der Waals surface area contributed by atoms with E-state index in [1.807, 2.05) is 43.1 Å². The normalized spacial score (nSPS) is 10.3. The fourth-order valence-electron chi connectivity index (χ4n) is 1.86. The van der Waals surface area contributed by atoms with E-state index in [1.54, 1.807) is 12.1 Å². The minimum Gasteiger partial charge on any atom is -0.367 e. The monoisotopic (exact) mass is 257 g/mol. The van der Waals surface area contributed by atoms with Crippen molar-refractivity contribution in [2.24, 2.45) is 0 Å². The first-order valence-electron chi connectivity index (χ1n) is 6.13. The molecule has 0 saturated heterocycles. The molecular formula is C16H16FNO. The quantitative estimate of drug-likeness (QED) is 0.782. The van der Waals surface area contributed by atoms with Crippen LogP contribution in [0.5, 0.6) is 0 Å². The molecule has 0 radical (unpaired) electrons. The van der Waals surface area contributed by atoms with Crippen LogP contribution in [0.1, 0.15) is 15.9 Å². The number of benzene rings is 2. The van der Waals surface area contributed by atoms with Gasteiger partial charge in [-0.1, -0.05) is 29.8 Å². The number of nitrogens with zero attached hydrogens (tertiary/aromatic N) is 1. The number of anilines is 1. The number of rotatable bonds is 4. The number of aryl methyl sites for hydroxylation is 1. The molecule has 0 N–H and O–H groups in total. The second-order valence-electron chi connectivity index (χ2n) is 4.63. The predicted octanol–water partition coefficient (Wildman–Crippen LogP) is 3.45. The van der Waals surface area contributed by atoms with Crippen molar-refractivity contribution >= 4 is 11.5 Å². The molecule has 19 heavy (non-hydrogen) atoms. The fraction of sp³-hybridized carbons (Fsp3) is 0.188. The lowest BCUT2D eigenvalue weighted by molar-refractivity contribution is 0.1000. The molecule has 2 aromatic carbocycles. The van der Waals surface area contributed by atoms with Crippen LogP contribution in [0.4, 0.5) is 10.1 Å². The van der Waals surface area contributed by atoms with E-state index in [1.165, 1.54) is 17.7 Å². The Balaban J connectivity index is 2.08. The minimum atomic E-state index is -0.385. The summed E-state index contributed by atoms with van der Waals surface area (Å²) >= 11 is 0. The largest absolute Gasteiger partial charge is 0.367 e. The van der Waals surface area contributed by atoms with Crippen molar-refractivity contribution < 1.29 is 9.18 Å². The summed E-state index contributed by atoms with van der Waals surface area (Å²) in [6.45, 7) is 2.24. The molecule has 0 aliphatic carbocycles. The Morgan fingerprint density at radius 2 is 1.84 bits per heavy atom. The first-order chi connectivity index (χ1) is 9.06. The standard InChI is InChI=1S/C16H16FNO/c1-12-6-8-15(9-7-12)18(2)11-16(19)13-4-3-5-14(17)10-13/h3-10H,11H2,1-2H3. The number of hydrogen-bond acceptors (Lipinski definition) is 2. The van der Waals surface area contributed by atoms with Gasteiger partial charge in [0.25, 0.3) is 0 Å². The lowest BCUT2D eigenvalue weighted by Gasteiger charge is -2.18. The number of halogens is 1. The van der Waals surface area contributed by atoms with Gasteiger partial charge in [0.05, 0.1) is 6.54 Å². The van der Waals surface area contributed by atoms with Crippen molar-refractivity contribution in [1.29, 1.82) is 0 Å². The van der Waals surface area contributed by atoms with Gasteiger partial charge < -0.3 is 4.90 Å². The SMILES string of the molecule is Cc1ccc(N(C)CC(=O)c2cccc(F)c2)cc1. The van der Waals surface area contributed by atoms with Crippen LogP contribution in [-0.4, -0.2) is 19.4 Å². The summed E-state index contributed by atoms with van der Waals surface area (Å²) in [4.78, 5) is 13.9. The van der Waals surface area contributed by atoms with E-state index in [-0.39, 0.29) is 18.1 Å². The molecule has 0 spiro atoms. The van der Waals surface area contributed by atoms with E-state index in [4.69, 9.17) is 0 Å². The molecule has 0 fully saturated rings. The molecule has 0 aliphatic rings. The Hall–Kier alpha value is -2.16. The smallest absolute Gasteiger partial charge is 0.182 e. The molecule has 2 aromatic rings. The number of likely N-dealkylation sites (N-methyl/N-ethyl adjacent to an activating group) is 1. The number of hydrogen-bond donors (Lipinski definition) is 0. The lowest BCUT2D eigenvalue weighted by atomic mass is 10.1. The zero-order valence-electron chi connectivity index (χ0n) is 11.1. The highest BCUT2D eigenvalue weighted by Crippen LogP contribution is 2.14. The van der Waals surface area contributed by atoms with Crippen LogP contribution in [0, 0.1) is 12.7 Å². The van der Waals surface area contributed by atoms with Crippen molar-refractivity contribution in [2.45, 2.75) is 6.92 Å². The molecular weight excluding hydrogens is 241 g/mol. The van der Waals surface area contributed by atoms with E-state index >= 15 is 0 Å². The first kappa shape index (κ1) is 13.3. The lowest BCUT2D eigenvalue weighted by Crippen LogP contribution is -2.25. The number of carbonyl (C=O) groups is 1. The fourth-order valence-corrected chi connectivity index (χ4v) is 1.86. The molecule has 0 amide bonds. The van der Waals surface area contributed by atoms with Crippen LogP contribution in [-0.2, 0) is 0 Å². The van der Waals surface area contributed by atoms with Gasteiger partial charge in [-0.2, -0.15) is 0 Å². The van der Waals surface area contributed by atoms with Crippen LogP contribution < -0.4 is 4.90 Å². The maximum atomic E-state index is 13.1. The summed E-state index contributed by atoms with van der Waals surface area (Å²) in [5, 5.41) is 0. The van der Waals surface area contributed by atoms with Crippen molar-refractivity contribution in [3.05, 3.63) is 65.5 Å². The second kappa shape index (κ2) is 5.65. The summed E-state index contributed by atoms with van der Waals surface area (Å²) in [5.74, 6) is -0.480. The molecule has 0 heterocycles. The van der Waals surface area contributed by atoms with Crippen LogP contribution in [0.2, 0.25) is 0 Å². The second-order valence-corrected chi connectivity index (χ2v) is 4.63. The van der Waals surface area contributed by atoms with Gasteiger partial charge in [-0.15, -0.1) is 0 Å². The van der Waals surface area contributed by atoms with Crippen LogP contribution in [0.25, 0.3) is 0 Å². The van der Waals surface area contributed by atoms with Crippen LogP contribution >= 0.6 is 0 Å². The Bertz CT molecular complexity index is 578. The Labute approximate surface area is 112 Å². The van der Waals surface area contributed by atoms with Gasteiger partial charge in [-0.3, -0.25) is 4.79 Å². The van der Waals surface area contributed by atoms with E-state index < -0.39 is 0 Å². The molecule has 3 heteroatoms. The predicted molar refractivity (Wildman–Crippen MR) is 75.2 cm³/mol. The molecule has 0 bridgehead atoms. The van der Waals surface area contributed by atoms with Gasteiger partial charge in [0.15, 0.2) is 5.78 Å². The molecule has 0 atom stereocenters. The summed E-state index contributed by atoms with van der Waals surface area (Å²) in [6.07, 6.45) is 0. The minimum absolute atomic E-state index is 0.0948. The summed E-state index contributed by atoms with van der Waals surface area (Å²) in [5.41, 5.74) is 2.54. The zero-order valence-corrected chi connectivity index (χ0v) is 11.1. The molecule has 98 valence electrons.